The smallest absolute Gasteiger partial charge is 0.0670 e. The minimum absolute atomic E-state index is 0.430. The fourth-order valence-corrected chi connectivity index (χ4v) is 1.64. The molecule has 3 atom stereocenters. The van der Waals surface area contributed by atoms with Crippen LogP contribution in [0.4, 0.5) is 0 Å². The Morgan fingerprint density at radius 2 is 2.11 bits per heavy atom. The molecule has 0 spiro atoms. The first-order valence-electron chi connectivity index (χ1n) is 3.80. The second kappa shape index (κ2) is 1.34. The molecule has 0 N–H and O–H groups in total. The highest BCUT2D eigenvalue weighted by Crippen LogP contribution is 2.76. The molecule has 0 aromatic carbocycles. The molecule has 3 unspecified atom stereocenters. The van der Waals surface area contributed by atoms with Crippen molar-refractivity contribution < 1.29 is 4.74 Å². The van der Waals surface area contributed by atoms with Gasteiger partial charge in [0, 0.05) is 0 Å². The second-order valence-electron chi connectivity index (χ2n) is 3.92. The highest BCUT2D eigenvalue weighted by molar-refractivity contribution is 5.25. The van der Waals surface area contributed by atoms with E-state index in [0.717, 1.165) is 5.92 Å². The van der Waals surface area contributed by atoms with E-state index in [2.05, 4.69) is 20.8 Å². The zero-order valence-electron chi connectivity index (χ0n) is 6.35. The third kappa shape index (κ3) is 0.644. The third-order valence-corrected chi connectivity index (χ3v) is 2.67. The highest BCUT2D eigenvalue weighted by atomic mass is 16.5. The van der Waals surface area contributed by atoms with Crippen molar-refractivity contribution in [2.45, 2.75) is 39.4 Å². The molecule has 0 amide bonds. The Bertz CT molecular complexity index is 142. The van der Waals surface area contributed by atoms with Crippen molar-refractivity contribution in [2.24, 2.45) is 11.3 Å². The number of hydrogen-bond acceptors (Lipinski definition) is 1. The lowest BCUT2D eigenvalue weighted by Gasteiger charge is -2.12. The van der Waals surface area contributed by atoms with Crippen molar-refractivity contribution in [1.29, 1.82) is 0 Å². The Morgan fingerprint density at radius 3 is 2.22 bits per heavy atom. The molecule has 0 bridgehead atoms. The minimum atomic E-state index is 0.430. The van der Waals surface area contributed by atoms with Crippen molar-refractivity contribution >= 4 is 0 Å². The van der Waals surface area contributed by atoms with Gasteiger partial charge in [0.15, 0.2) is 0 Å². The zero-order valence-corrected chi connectivity index (χ0v) is 6.35. The molecule has 2 saturated carbocycles. The summed E-state index contributed by atoms with van der Waals surface area (Å²) in [6, 6.07) is 0. The number of rotatable bonds is 2. The van der Waals surface area contributed by atoms with E-state index >= 15 is 0 Å². The van der Waals surface area contributed by atoms with Gasteiger partial charge in [-0.15, -0.1) is 0 Å². The second-order valence-corrected chi connectivity index (χ2v) is 3.92. The van der Waals surface area contributed by atoms with Gasteiger partial charge >= 0.3 is 0 Å². The fourth-order valence-electron chi connectivity index (χ4n) is 1.64. The number of hydrogen-bond donors (Lipinski definition) is 0. The van der Waals surface area contributed by atoms with Crippen LogP contribution in [0.1, 0.15) is 27.2 Å². The molecule has 1 heteroatoms. The first-order valence-corrected chi connectivity index (χ1v) is 3.80. The standard InChI is InChI=1S/C8H14O/c1-5(2)9-7-6-4-8(6,7)3/h5-7H,4H2,1-3H3. The summed E-state index contributed by atoms with van der Waals surface area (Å²) in [4.78, 5) is 0. The molecular formula is C8H14O. The summed E-state index contributed by atoms with van der Waals surface area (Å²) in [5, 5.41) is 0. The van der Waals surface area contributed by atoms with Crippen LogP contribution in [0.3, 0.4) is 0 Å². The van der Waals surface area contributed by atoms with Gasteiger partial charge in [0.2, 0.25) is 0 Å². The van der Waals surface area contributed by atoms with Crippen LogP contribution in [0, 0.1) is 11.3 Å². The molecule has 52 valence electrons. The zero-order chi connectivity index (χ0) is 6.65. The van der Waals surface area contributed by atoms with Crippen LogP contribution in [0.15, 0.2) is 0 Å². The van der Waals surface area contributed by atoms with Gasteiger partial charge in [-0.25, -0.2) is 0 Å². The lowest BCUT2D eigenvalue weighted by molar-refractivity contribution is 0.0236. The Morgan fingerprint density at radius 1 is 1.56 bits per heavy atom. The van der Waals surface area contributed by atoms with Crippen LogP contribution in [-0.2, 0) is 4.74 Å². The average Bonchev–Trinajstić information content (AvgIpc) is 2.49. The monoisotopic (exact) mass is 126 g/mol. The lowest BCUT2D eigenvalue weighted by atomic mass is 10.2. The van der Waals surface area contributed by atoms with Crippen molar-refractivity contribution in [3.8, 4) is 0 Å². The van der Waals surface area contributed by atoms with Gasteiger partial charge in [0.1, 0.15) is 0 Å². The molecule has 0 aromatic heterocycles. The minimum Gasteiger partial charge on any atom is -0.375 e. The molecule has 2 aliphatic carbocycles. The van der Waals surface area contributed by atoms with Crippen LogP contribution in [0.2, 0.25) is 0 Å². The van der Waals surface area contributed by atoms with Gasteiger partial charge in [-0.2, -0.15) is 0 Å². The van der Waals surface area contributed by atoms with Crippen LogP contribution >= 0.6 is 0 Å². The Balaban J connectivity index is 1.81. The summed E-state index contributed by atoms with van der Waals surface area (Å²) in [6.45, 7) is 6.55. The predicted molar refractivity (Wildman–Crippen MR) is 36.2 cm³/mol. The van der Waals surface area contributed by atoms with E-state index in [0.29, 0.717) is 17.6 Å². The van der Waals surface area contributed by atoms with Crippen LogP contribution < -0.4 is 0 Å². The SMILES string of the molecule is CC(C)OC1C2CC21C. The van der Waals surface area contributed by atoms with E-state index < -0.39 is 0 Å². The van der Waals surface area contributed by atoms with E-state index in [1.807, 2.05) is 0 Å². The summed E-state index contributed by atoms with van der Waals surface area (Å²) >= 11 is 0. The van der Waals surface area contributed by atoms with Crippen molar-refractivity contribution in [2.75, 3.05) is 0 Å². The van der Waals surface area contributed by atoms with Crippen molar-refractivity contribution in [3.05, 3.63) is 0 Å². The summed E-state index contributed by atoms with van der Waals surface area (Å²) in [5.41, 5.74) is 0.643. The maximum Gasteiger partial charge on any atom is 0.0670 e. The van der Waals surface area contributed by atoms with E-state index in [1.54, 1.807) is 0 Å². The van der Waals surface area contributed by atoms with Crippen LogP contribution in [0.25, 0.3) is 0 Å². The highest BCUT2D eigenvalue weighted by Gasteiger charge is 2.76. The lowest BCUT2D eigenvalue weighted by Crippen LogP contribution is -2.13. The summed E-state index contributed by atoms with van der Waals surface area (Å²) in [6.07, 6.45) is 2.49. The molecule has 0 aromatic rings. The molecule has 1 nitrogen and oxygen atoms in total. The molecular weight excluding hydrogens is 112 g/mol. The van der Waals surface area contributed by atoms with E-state index in [1.165, 1.54) is 6.42 Å². The van der Waals surface area contributed by atoms with Crippen molar-refractivity contribution in [1.82, 2.24) is 0 Å². The molecule has 0 heterocycles. The maximum atomic E-state index is 5.63. The van der Waals surface area contributed by atoms with Crippen LogP contribution in [-0.4, -0.2) is 12.2 Å². The summed E-state index contributed by atoms with van der Waals surface area (Å²) < 4.78 is 5.63. The normalized spacial score (nSPS) is 53.3. The number of fused-ring (bicyclic) bond motifs is 1. The third-order valence-electron chi connectivity index (χ3n) is 2.67. The first-order chi connectivity index (χ1) is 4.14. The molecule has 2 fully saturated rings. The Labute approximate surface area is 56.4 Å². The van der Waals surface area contributed by atoms with Gasteiger partial charge in [0.05, 0.1) is 12.2 Å². The molecule has 0 radical (unpaired) electrons. The maximum absolute atomic E-state index is 5.63. The quantitative estimate of drug-likeness (QED) is 0.548. The summed E-state index contributed by atoms with van der Waals surface area (Å²) in [5.74, 6) is 0.944. The Kier molecular flexibility index (Phi) is 0.852. The van der Waals surface area contributed by atoms with Crippen LogP contribution in [0.5, 0.6) is 0 Å². The largest absolute Gasteiger partial charge is 0.375 e. The average molecular weight is 126 g/mol. The van der Waals surface area contributed by atoms with E-state index in [9.17, 15) is 0 Å². The summed E-state index contributed by atoms with van der Waals surface area (Å²) in [7, 11) is 0. The fraction of sp³-hybridized carbons (Fsp3) is 1.00. The van der Waals surface area contributed by atoms with Gasteiger partial charge < -0.3 is 4.74 Å². The van der Waals surface area contributed by atoms with Crippen molar-refractivity contribution in [3.63, 3.8) is 0 Å². The molecule has 9 heavy (non-hydrogen) atoms. The predicted octanol–water partition coefficient (Wildman–Crippen LogP) is 1.82. The topological polar surface area (TPSA) is 9.23 Å². The molecule has 2 rings (SSSR count). The van der Waals surface area contributed by atoms with Gasteiger partial charge in [-0.3, -0.25) is 0 Å². The van der Waals surface area contributed by atoms with Gasteiger partial charge in [-0.05, 0) is 31.6 Å². The number of ether oxygens (including phenoxy) is 1. The first kappa shape index (κ1) is 5.72. The van der Waals surface area contributed by atoms with Gasteiger partial charge in [-0.1, -0.05) is 6.92 Å². The van der Waals surface area contributed by atoms with E-state index in [4.69, 9.17) is 4.74 Å². The molecule has 0 saturated heterocycles. The Hall–Kier alpha value is -0.0400. The van der Waals surface area contributed by atoms with E-state index in [-0.39, 0.29) is 0 Å². The van der Waals surface area contributed by atoms with Gasteiger partial charge in [0.25, 0.3) is 0 Å². The molecule has 2 aliphatic rings. The molecule has 0 aliphatic heterocycles.